The van der Waals surface area contributed by atoms with Crippen molar-refractivity contribution in [3.63, 3.8) is 0 Å². The van der Waals surface area contributed by atoms with Crippen LogP contribution in [0.4, 0.5) is 20.2 Å². The lowest BCUT2D eigenvalue weighted by Crippen LogP contribution is -2.31. The first-order chi connectivity index (χ1) is 9.47. The second kappa shape index (κ2) is 7.59. The fraction of sp³-hybridized carbons (Fsp3) is 0.500. The normalized spacial score (nSPS) is 10.7. The fourth-order valence-electron chi connectivity index (χ4n) is 1.72. The highest BCUT2D eigenvalue weighted by Gasteiger charge is 2.17. The topological polar surface area (TPSA) is 75.8 Å². The second-order valence-electron chi connectivity index (χ2n) is 3.94. The number of ether oxygens (including phenoxy) is 1. The van der Waals surface area contributed by atoms with Gasteiger partial charge < -0.3 is 14.7 Å². The minimum absolute atomic E-state index is 0.0446. The first kappa shape index (κ1) is 16.1. The zero-order chi connectivity index (χ0) is 15.1. The van der Waals surface area contributed by atoms with Crippen molar-refractivity contribution in [2.75, 3.05) is 31.2 Å². The molecule has 0 heterocycles. The molecule has 1 N–H and O–H groups in total. The van der Waals surface area contributed by atoms with E-state index in [9.17, 15) is 18.9 Å². The van der Waals surface area contributed by atoms with Crippen molar-refractivity contribution in [2.24, 2.45) is 0 Å². The number of hydrogen-bond acceptors (Lipinski definition) is 5. The van der Waals surface area contributed by atoms with Crippen LogP contribution in [0.2, 0.25) is 0 Å². The molecule has 0 spiro atoms. The predicted molar refractivity (Wildman–Crippen MR) is 69.6 cm³/mol. The number of nitro groups is 1. The van der Waals surface area contributed by atoms with Crippen molar-refractivity contribution in [1.82, 2.24) is 0 Å². The first-order valence-corrected chi connectivity index (χ1v) is 6.04. The van der Waals surface area contributed by atoms with Crippen molar-refractivity contribution < 1.29 is 23.5 Å². The Kier molecular flexibility index (Phi) is 6.10. The lowest BCUT2D eigenvalue weighted by molar-refractivity contribution is -0.384. The van der Waals surface area contributed by atoms with Gasteiger partial charge in [-0.05, 0) is 6.92 Å². The number of alkyl halides is 2. The molecule has 0 amide bonds. The highest BCUT2D eigenvalue weighted by molar-refractivity contribution is 5.58. The molecule has 0 bridgehead atoms. The number of hydrogen-bond donors (Lipinski definition) is 1. The van der Waals surface area contributed by atoms with Crippen LogP contribution in [0.25, 0.3) is 0 Å². The summed E-state index contributed by atoms with van der Waals surface area (Å²) in [6.45, 7) is 1.02. The van der Waals surface area contributed by atoms with Gasteiger partial charge in [-0.1, -0.05) is 0 Å². The minimum Gasteiger partial charge on any atom is -0.494 e. The molecule has 0 aliphatic carbocycles. The van der Waals surface area contributed by atoms with E-state index in [1.54, 1.807) is 6.92 Å². The monoisotopic (exact) mass is 290 g/mol. The molecule has 0 atom stereocenters. The summed E-state index contributed by atoms with van der Waals surface area (Å²) in [6, 6.07) is 3.85. The highest BCUT2D eigenvalue weighted by atomic mass is 19.3. The van der Waals surface area contributed by atoms with Gasteiger partial charge in [0.25, 0.3) is 12.1 Å². The molecule has 0 saturated carbocycles. The van der Waals surface area contributed by atoms with Crippen LogP contribution >= 0.6 is 0 Å². The summed E-state index contributed by atoms with van der Waals surface area (Å²) in [4.78, 5) is 11.4. The number of rotatable bonds is 8. The van der Waals surface area contributed by atoms with E-state index in [2.05, 4.69) is 0 Å². The Morgan fingerprint density at radius 3 is 2.65 bits per heavy atom. The van der Waals surface area contributed by atoms with E-state index in [0.717, 1.165) is 0 Å². The lowest BCUT2D eigenvalue weighted by atomic mass is 10.2. The SMILES string of the molecule is CCOc1cc(N(CCO)CC(F)F)cc([N+](=O)[O-])c1. The molecule has 1 aromatic carbocycles. The number of nitro benzene ring substituents is 1. The molecule has 1 aromatic rings. The Morgan fingerprint density at radius 2 is 2.15 bits per heavy atom. The van der Waals surface area contributed by atoms with Gasteiger partial charge in [0.15, 0.2) is 0 Å². The van der Waals surface area contributed by atoms with Gasteiger partial charge in [0.1, 0.15) is 5.75 Å². The number of halogens is 2. The molecule has 0 unspecified atom stereocenters. The number of anilines is 1. The maximum absolute atomic E-state index is 12.5. The third-order valence-electron chi connectivity index (χ3n) is 2.49. The van der Waals surface area contributed by atoms with Crippen molar-refractivity contribution in [3.8, 4) is 5.75 Å². The van der Waals surface area contributed by atoms with Gasteiger partial charge >= 0.3 is 0 Å². The van der Waals surface area contributed by atoms with Crippen molar-refractivity contribution in [3.05, 3.63) is 28.3 Å². The van der Waals surface area contributed by atoms with E-state index in [0.29, 0.717) is 6.61 Å². The highest BCUT2D eigenvalue weighted by Crippen LogP contribution is 2.29. The number of aliphatic hydroxyl groups excluding tert-OH is 1. The summed E-state index contributed by atoms with van der Waals surface area (Å²) in [5.74, 6) is 0.230. The third-order valence-corrected chi connectivity index (χ3v) is 2.49. The average Bonchev–Trinajstić information content (AvgIpc) is 2.37. The molecule has 1 rings (SSSR count). The maximum atomic E-state index is 12.5. The summed E-state index contributed by atoms with van der Waals surface area (Å²) in [5, 5.41) is 19.8. The zero-order valence-corrected chi connectivity index (χ0v) is 11.0. The fourth-order valence-corrected chi connectivity index (χ4v) is 1.72. The van der Waals surface area contributed by atoms with Crippen LogP contribution in [0, 0.1) is 10.1 Å². The van der Waals surface area contributed by atoms with Crippen LogP contribution in [-0.2, 0) is 0 Å². The summed E-state index contributed by atoms with van der Waals surface area (Å²) < 4.78 is 30.2. The predicted octanol–water partition coefficient (Wildman–Crippen LogP) is 2.06. The minimum atomic E-state index is -2.61. The van der Waals surface area contributed by atoms with Gasteiger partial charge in [-0.15, -0.1) is 0 Å². The summed E-state index contributed by atoms with van der Waals surface area (Å²) in [5.41, 5.74) is -0.0276. The van der Waals surface area contributed by atoms with Gasteiger partial charge in [0.05, 0.1) is 30.7 Å². The molecule has 112 valence electrons. The van der Waals surface area contributed by atoms with Crippen LogP contribution in [0.15, 0.2) is 18.2 Å². The van der Waals surface area contributed by atoms with E-state index >= 15 is 0 Å². The van der Waals surface area contributed by atoms with Crippen LogP contribution in [0.1, 0.15) is 6.92 Å². The van der Waals surface area contributed by atoms with E-state index in [-0.39, 0.29) is 30.3 Å². The van der Waals surface area contributed by atoms with E-state index in [1.165, 1.54) is 23.1 Å². The average molecular weight is 290 g/mol. The molecule has 8 heteroatoms. The number of benzene rings is 1. The Morgan fingerprint density at radius 1 is 1.45 bits per heavy atom. The molecule has 0 aliphatic rings. The van der Waals surface area contributed by atoms with E-state index in [4.69, 9.17) is 9.84 Å². The number of aliphatic hydroxyl groups is 1. The summed E-state index contributed by atoms with van der Waals surface area (Å²) in [7, 11) is 0. The van der Waals surface area contributed by atoms with Crippen molar-refractivity contribution >= 4 is 11.4 Å². The molecular weight excluding hydrogens is 274 g/mol. The third kappa shape index (κ3) is 4.61. The maximum Gasteiger partial charge on any atom is 0.275 e. The van der Waals surface area contributed by atoms with Gasteiger partial charge in [-0.2, -0.15) is 0 Å². The van der Waals surface area contributed by atoms with Gasteiger partial charge in [0, 0.05) is 24.4 Å². The molecule has 0 aromatic heterocycles. The van der Waals surface area contributed by atoms with Gasteiger partial charge in [0.2, 0.25) is 0 Å². The number of non-ortho nitro benzene ring substituents is 1. The zero-order valence-electron chi connectivity index (χ0n) is 11.0. The van der Waals surface area contributed by atoms with Crippen LogP contribution < -0.4 is 9.64 Å². The summed E-state index contributed by atoms with van der Waals surface area (Å²) >= 11 is 0. The Labute approximate surface area is 114 Å². The molecule has 20 heavy (non-hydrogen) atoms. The molecular formula is C12H16F2N2O4. The van der Waals surface area contributed by atoms with Crippen LogP contribution in [-0.4, -0.2) is 42.8 Å². The molecule has 0 aliphatic heterocycles. The Hall–Kier alpha value is -1.96. The number of nitrogens with zero attached hydrogens (tertiary/aromatic N) is 2. The Bertz CT molecular complexity index is 457. The largest absolute Gasteiger partial charge is 0.494 e. The second-order valence-corrected chi connectivity index (χ2v) is 3.94. The summed E-state index contributed by atoms with van der Waals surface area (Å²) in [6.07, 6.45) is -2.61. The lowest BCUT2D eigenvalue weighted by Gasteiger charge is -2.23. The van der Waals surface area contributed by atoms with Crippen LogP contribution in [0.5, 0.6) is 5.75 Å². The van der Waals surface area contributed by atoms with Crippen LogP contribution in [0.3, 0.4) is 0 Å². The van der Waals surface area contributed by atoms with Crippen molar-refractivity contribution in [2.45, 2.75) is 13.3 Å². The van der Waals surface area contributed by atoms with Gasteiger partial charge in [-0.3, -0.25) is 10.1 Å². The molecule has 6 nitrogen and oxygen atoms in total. The standard InChI is InChI=1S/C12H16F2N2O4/c1-2-20-11-6-9(5-10(7-11)16(18)19)15(3-4-17)8-12(13)14/h5-7,12,17H,2-4,8H2,1H3. The molecule has 0 radical (unpaired) electrons. The van der Waals surface area contributed by atoms with Crippen molar-refractivity contribution in [1.29, 1.82) is 0 Å². The molecule has 0 saturated heterocycles. The smallest absolute Gasteiger partial charge is 0.275 e. The van der Waals surface area contributed by atoms with E-state index in [1.807, 2.05) is 0 Å². The quantitative estimate of drug-likeness (QED) is 0.586. The Balaban J connectivity index is 3.13. The molecule has 0 fully saturated rings. The van der Waals surface area contributed by atoms with E-state index < -0.39 is 17.9 Å². The van der Waals surface area contributed by atoms with Gasteiger partial charge in [-0.25, -0.2) is 8.78 Å². The first-order valence-electron chi connectivity index (χ1n) is 6.04.